The van der Waals surface area contributed by atoms with Crippen molar-refractivity contribution in [1.29, 1.82) is 0 Å². The van der Waals surface area contributed by atoms with E-state index in [0.29, 0.717) is 6.04 Å². The Kier molecular flexibility index (Phi) is 4.29. The smallest absolute Gasteiger partial charge is 0.254 e. The molecule has 0 aromatic carbocycles. The predicted octanol–water partition coefficient (Wildman–Crippen LogP) is 3.26. The molecule has 4 nitrogen and oxygen atoms in total. The van der Waals surface area contributed by atoms with Crippen LogP contribution in [0.3, 0.4) is 0 Å². The second-order valence-electron chi connectivity index (χ2n) is 6.05. The van der Waals surface area contributed by atoms with Crippen LogP contribution in [0.1, 0.15) is 66.2 Å². The van der Waals surface area contributed by atoms with Gasteiger partial charge in [0, 0.05) is 17.8 Å². The fourth-order valence-corrected chi connectivity index (χ4v) is 4.73. The third-order valence-corrected chi connectivity index (χ3v) is 5.59. The zero-order chi connectivity index (χ0) is 14.8. The molecule has 2 amide bonds. The summed E-state index contributed by atoms with van der Waals surface area (Å²) in [7, 11) is 0. The van der Waals surface area contributed by atoms with Crippen molar-refractivity contribution >= 4 is 28.2 Å². The molecule has 1 fully saturated rings. The van der Waals surface area contributed by atoms with E-state index in [4.69, 9.17) is 0 Å². The maximum atomic E-state index is 12.7. The van der Waals surface area contributed by atoms with Gasteiger partial charge in [0.05, 0.1) is 5.56 Å². The van der Waals surface area contributed by atoms with Gasteiger partial charge >= 0.3 is 0 Å². The highest BCUT2D eigenvalue weighted by molar-refractivity contribution is 7.17. The van der Waals surface area contributed by atoms with Gasteiger partial charge in [0.2, 0.25) is 5.91 Å². The summed E-state index contributed by atoms with van der Waals surface area (Å²) < 4.78 is 0. The number of nitrogens with one attached hydrogen (secondary N) is 2. The Bertz CT molecular complexity index is 559. The number of carbonyl (C=O) groups excluding carboxylic acids is 2. The molecule has 2 aliphatic carbocycles. The lowest BCUT2D eigenvalue weighted by molar-refractivity contribution is -0.114. The summed E-state index contributed by atoms with van der Waals surface area (Å²) >= 11 is 1.57. The fraction of sp³-hybridized carbons (Fsp3) is 0.625. The standard InChI is InChI=1S/C16H22N2O2S/c1-10(19)17-16-14(12-8-5-9-13(12)21-16)15(20)18-11-6-3-2-4-7-11/h11H,2-9H2,1H3,(H,17,19)(H,18,20). The first kappa shape index (κ1) is 14.6. The SMILES string of the molecule is CC(=O)Nc1sc2c(c1C(=O)NC1CCCCC1)CCC2. The number of hydrogen-bond acceptors (Lipinski definition) is 3. The van der Waals surface area contributed by atoms with Crippen molar-refractivity contribution in [1.82, 2.24) is 5.32 Å². The van der Waals surface area contributed by atoms with Crippen molar-refractivity contribution in [3.63, 3.8) is 0 Å². The summed E-state index contributed by atoms with van der Waals surface area (Å²) in [4.78, 5) is 25.3. The van der Waals surface area contributed by atoms with Crippen LogP contribution in [0.25, 0.3) is 0 Å². The molecular weight excluding hydrogens is 284 g/mol. The minimum atomic E-state index is -0.110. The average Bonchev–Trinajstić information content (AvgIpc) is 2.99. The first-order valence-corrected chi connectivity index (χ1v) is 8.70. The Morgan fingerprint density at radius 2 is 1.86 bits per heavy atom. The van der Waals surface area contributed by atoms with Crippen LogP contribution in [0.5, 0.6) is 0 Å². The van der Waals surface area contributed by atoms with Crippen LogP contribution >= 0.6 is 11.3 Å². The first-order chi connectivity index (χ1) is 10.1. The first-order valence-electron chi connectivity index (χ1n) is 7.88. The number of amides is 2. The highest BCUT2D eigenvalue weighted by atomic mass is 32.1. The highest BCUT2D eigenvalue weighted by Gasteiger charge is 2.28. The highest BCUT2D eigenvalue weighted by Crippen LogP contribution is 2.39. The second-order valence-corrected chi connectivity index (χ2v) is 7.16. The molecule has 0 spiro atoms. The van der Waals surface area contributed by atoms with Crippen LogP contribution in [-0.4, -0.2) is 17.9 Å². The normalized spacial score (nSPS) is 18.3. The third kappa shape index (κ3) is 3.12. The van der Waals surface area contributed by atoms with Gasteiger partial charge in [0.15, 0.2) is 0 Å². The minimum absolute atomic E-state index is 0.00468. The van der Waals surface area contributed by atoms with Crippen molar-refractivity contribution < 1.29 is 9.59 Å². The molecule has 2 aliphatic rings. The van der Waals surface area contributed by atoms with E-state index in [1.54, 1.807) is 11.3 Å². The quantitative estimate of drug-likeness (QED) is 0.900. The van der Waals surface area contributed by atoms with Gasteiger partial charge in [0.25, 0.3) is 5.91 Å². The number of aryl methyl sites for hydroxylation is 1. The Morgan fingerprint density at radius 3 is 2.57 bits per heavy atom. The number of rotatable bonds is 3. The van der Waals surface area contributed by atoms with Crippen LogP contribution < -0.4 is 10.6 Å². The largest absolute Gasteiger partial charge is 0.349 e. The Labute approximate surface area is 129 Å². The molecule has 21 heavy (non-hydrogen) atoms. The molecule has 3 rings (SSSR count). The van der Waals surface area contributed by atoms with Crippen LogP contribution in [0.4, 0.5) is 5.00 Å². The van der Waals surface area contributed by atoms with Gasteiger partial charge in [0.1, 0.15) is 5.00 Å². The molecule has 0 unspecified atom stereocenters. The van der Waals surface area contributed by atoms with Gasteiger partial charge in [-0.1, -0.05) is 19.3 Å². The van der Waals surface area contributed by atoms with Crippen molar-refractivity contribution in [2.24, 2.45) is 0 Å². The summed E-state index contributed by atoms with van der Waals surface area (Å²) in [6.45, 7) is 1.49. The Balaban J connectivity index is 1.81. The van der Waals surface area contributed by atoms with Gasteiger partial charge in [-0.25, -0.2) is 0 Å². The van der Waals surface area contributed by atoms with Crippen LogP contribution in [0, 0.1) is 0 Å². The Hall–Kier alpha value is -1.36. The molecular formula is C16H22N2O2S. The van der Waals surface area contributed by atoms with Gasteiger partial charge in [-0.2, -0.15) is 0 Å². The van der Waals surface area contributed by atoms with Crippen LogP contribution in [0.15, 0.2) is 0 Å². The van der Waals surface area contributed by atoms with Gasteiger partial charge in [-0.05, 0) is 37.7 Å². The van der Waals surface area contributed by atoms with Crippen molar-refractivity contribution in [2.75, 3.05) is 5.32 Å². The van der Waals surface area contributed by atoms with Crippen molar-refractivity contribution in [3.8, 4) is 0 Å². The van der Waals surface area contributed by atoms with Gasteiger partial charge in [-0.3, -0.25) is 9.59 Å². The minimum Gasteiger partial charge on any atom is -0.349 e. The lowest BCUT2D eigenvalue weighted by Crippen LogP contribution is -2.36. The number of carbonyl (C=O) groups is 2. The van der Waals surface area contributed by atoms with E-state index in [9.17, 15) is 9.59 Å². The molecule has 0 atom stereocenters. The monoisotopic (exact) mass is 306 g/mol. The van der Waals surface area contributed by atoms with E-state index in [1.165, 1.54) is 31.1 Å². The van der Waals surface area contributed by atoms with E-state index in [2.05, 4.69) is 10.6 Å². The topological polar surface area (TPSA) is 58.2 Å². The van der Waals surface area contributed by atoms with Gasteiger partial charge in [-0.15, -0.1) is 11.3 Å². The van der Waals surface area contributed by atoms with Crippen molar-refractivity contribution in [3.05, 3.63) is 16.0 Å². The Morgan fingerprint density at radius 1 is 1.10 bits per heavy atom. The molecule has 1 aromatic heterocycles. The number of anilines is 1. The summed E-state index contributed by atoms with van der Waals surface area (Å²) in [5, 5.41) is 6.76. The zero-order valence-corrected chi connectivity index (χ0v) is 13.3. The maximum Gasteiger partial charge on any atom is 0.254 e. The molecule has 1 aromatic rings. The van der Waals surface area contributed by atoms with E-state index < -0.39 is 0 Å². The van der Waals surface area contributed by atoms with E-state index in [-0.39, 0.29) is 11.8 Å². The van der Waals surface area contributed by atoms with E-state index >= 15 is 0 Å². The van der Waals surface area contributed by atoms with Crippen LogP contribution in [0.2, 0.25) is 0 Å². The predicted molar refractivity (Wildman–Crippen MR) is 85.0 cm³/mol. The molecule has 0 radical (unpaired) electrons. The van der Waals surface area contributed by atoms with Gasteiger partial charge < -0.3 is 10.6 Å². The molecule has 1 heterocycles. The number of fused-ring (bicyclic) bond motifs is 1. The summed E-state index contributed by atoms with van der Waals surface area (Å²) in [5.41, 5.74) is 1.89. The summed E-state index contributed by atoms with van der Waals surface area (Å²) in [5.74, 6) is -0.105. The lowest BCUT2D eigenvalue weighted by Gasteiger charge is -2.23. The molecule has 0 saturated heterocycles. The molecule has 0 bridgehead atoms. The van der Waals surface area contributed by atoms with Crippen LogP contribution in [-0.2, 0) is 17.6 Å². The average molecular weight is 306 g/mol. The van der Waals surface area contributed by atoms with E-state index in [1.807, 2.05) is 0 Å². The molecule has 5 heteroatoms. The fourth-order valence-electron chi connectivity index (χ4n) is 3.40. The lowest BCUT2D eigenvalue weighted by atomic mass is 9.95. The molecule has 0 aliphatic heterocycles. The molecule has 114 valence electrons. The summed E-state index contributed by atoms with van der Waals surface area (Å²) in [6.07, 6.45) is 8.93. The third-order valence-electron chi connectivity index (χ3n) is 4.38. The van der Waals surface area contributed by atoms with E-state index in [0.717, 1.165) is 48.2 Å². The molecule has 1 saturated carbocycles. The summed E-state index contributed by atoms with van der Waals surface area (Å²) in [6, 6.07) is 0.299. The maximum absolute atomic E-state index is 12.7. The number of thiophene rings is 1. The molecule has 2 N–H and O–H groups in total. The number of hydrogen-bond donors (Lipinski definition) is 2. The van der Waals surface area contributed by atoms with Crippen molar-refractivity contribution in [2.45, 2.75) is 64.3 Å². The second kappa shape index (κ2) is 6.18. The zero-order valence-electron chi connectivity index (χ0n) is 12.5.